The molecule has 5 heteroatoms. The zero-order chi connectivity index (χ0) is 20.8. The van der Waals surface area contributed by atoms with E-state index in [0.29, 0.717) is 12.1 Å². The zero-order valence-electron chi connectivity index (χ0n) is 17.6. The number of nitrogens with zero attached hydrogens (tertiary/aromatic N) is 2. The molecule has 0 spiro atoms. The van der Waals surface area contributed by atoms with Crippen molar-refractivity contribution >= 4 is 11.8 Å². The Bertz CT molecular complexity index is 862. The Balaban J connectivity index is 1.38. The van der Waals surface area contributed by atoms with Gasteiger partial charge in [-0.25, -0.2) is 0 Å². The standard InChI is InChI=1S/C25H31N3O2/c29-24(27-16-14-19-8-2-1-3-9-19)23-13-7-17-28(23)25(30)21-11-6-10-20(18-21)22-12-4-5-15-26-22/h4-6,10-12,15,18-19,23H,1-3,7-9,13-14,16-17H2,(H,27,29). The fraction of sp³-hybridized carbons (Fsp3) is 0.480. The number of nitrogens with one attached hydrogen (secondary N) is 1. The molecule has 1 aromatic carbocycles. The van der Waals surface area contributed by atoms with Gasteiger partial charge in [0.15, 0.2) is 0 Å². The lowest BCUT2D eigenvalue weighted by Gasteiger charge is -2.25. The average molecular weight is 406 g/mol. The molecule has 0 bridgehead atoms. The van der Waals surface area contributed by atoms with Crippen molar-refractivity contribution in [3.63, 3.8) is 0 Å². The van der Waals surface area contributed by atoms with E-state index in [1.54, 1.807) is 11.1 Å². The highest BCUT2D eigenvalue weighted by atomic mass is 16.2. The minimum Gasteiger partial charge on any atom is -0.354 e. The summed E-state index contributed by atoms with van der Waals surface area (Å²) in [4.78, 5) is 32.1. The zero-order valence-corrected chi connectivity index (χ0v) is 17.6. The number of likely N-dealkylation sites (tertiary alicyclic amines) is 1. The second-order valence-electron chi connectivity index (χ2n) is 8.54. The molecule has 4 rings (SSSR count). The topological polar surface area (TPSA) is 62.3 Å². The summed E-state index contributed by atoms with van der Waals surface area (Å²) in [6, 6.07) is 12.9. The smallest absolute Gasteiger partial charge is 0.254 e. The largest absolute Gasteiger partial charge is 0.354 e. The molecule has 5 nitrogen and oxygen atoms in total. The summed E-state index contributed by atoms with van der Waals surface area (Å²) in [5.41, 5.74) is 2.36. The molecule has 2 aromatic rings. The van der Waals surface area contributed by atoms with Crippen molar-refractivity contribution in [3.8, 4) is 11.3 Å². The molecule has 0 radical (unpaired) electrons. The van der Waals surface area contributed by atoms with Gasteiger partial charge >= 0.3 is 0 Å². The van der Waals surface area contributed by atoms with E-state index >= 15 is 0 Å². The Kier molecular flexibility index (Phi) is 6.77. The van der Waals surface area contributed by atoms with E-state index in [1.165, 1.54) is 32.1 Å². The molecule has 1 saturated heterocycles. The number of amides is 2. The quantitative estimate of drug-likeness (QED) is 0.773. The van der Waals surface area contributed by atoms with E-state index < -0.39 is 0 Å². The van der Waals surface area contributed by atoms with Gasteiger partial charge in [-0.1, -0.05) is 50.3 Å². The van der Waals surface area contributed by atoms with Crippen molar-refractivity contribution < 1.29 is 9.59 Å². The number of carbonyl (C=O) groups is 2. The highest BCUT2D eigenvalue weighted by molar-refractivity contribution is 5.98. The molecule has 158 valence electrons. The Hall–Kier alpha value is -2.69. The third-order valence-electron chi connectivity index (χ3n) is 6.46. The number of rotatable bonds is 6. The maximum absolute atomic E-state index is 13.2. The summed E-state index contributed by atoms with van der Waals surface area (Å²) < 4.78 is 0. The molecule has 1 unspecified atom stereocenters. The molecular formula is C25H31N3O2. The highest BCUT2D eigenvalue weighted by Gasteiger charge is 2.34. The first-order chi connectivity index (χ1) is 14.7. The van der Waals surface area contributed by atoms with E-state index in [9.17, 15) is 9.59 Å². The summed E-state index contributed by atoms with van der Waals surface area (Å²) in [7, 11) is 0. The molecule has 2 aliphatic rings. The summed E-state index contributed by atoms with van der Waals surface area (Å²) >= 11 is 0. The molecule has 2 heterocycles. The van der Waals surface area contributed by atoms with Crippen molar-refractivity contribution in [3.05, 3.63) is 54.2 Å². The molecule has 2 fully saturated rings. The Morgan fingerprint density at radius 2 is 1.87 bits per heavy atom. The molecule has 2 amide bonds. The van der Waals surface area contributed by atoms with Gasteiger partial charge in [-0.05, 0) is 49.4 Å². The van der Waals surface area contributed by atoms with Crippen molar-refractivity contribution in [2.24, 2.45) is 5.92 Å². The Morgan fingerprint density at radius 1 is 1.00 bits per heavy atom. The Morgan fingerprint density at radius 3 is 2.67 bits per heavy atom. The van der Waals surface area contributed by atoms with E-state index in [1.807, 2.05) is 42.5 Å². The molecular weight excluding hydrogens is 374 g/mol. The maximum Gasteiger partial charge on any atom is 0.254 e. The van der Waals surface area contributed by atoms with Gasteiger partial charge in [0.1, 0.15) is 6.04 Å². The normalized spacial score (nSPS) is 19.6. The van der Waals surface area contributed by atoms with E-state index in [2.05, 4.69) is 10.3 Å². The van der Waals surface area contributed by atoms with Crippen LogP contribution >= 0.6 is 0 Å². The minimum atomic E-state index is -0.359. The third-order valence-corrected chi connectivity index (χ3v) is 6.46. The minimum absolute atomic E-state index is 0.00228. The lowest BCUT2D eigenvalue weighted by molar-refractivity contribution is -0.124. The predicted octanol–water partition coefficient (Wildman–Crippen LogP) is 4.44. The first kappa shape index (κ1) is 20.6. The second kappa shape index (κ2) is 9.88. The number of pyridine rings is 1. The fourth-order valence-electron chi connectivity index (χ4n) is 4.79. The number of hydrogen-bond acceptors (Lipinski definition) is 3. The van der Waals surface area contributed by atoms with Gasteiger partial charge in [-0.2, -0.15) is 0 Å². The number of aromatic nitrogens is 1. The molecule has 1 N–H and O–H groups in total. The van der Waals surface area contributed by atoms with Crippen molar-refractivity contribution in [1.29, 1.82) is 0 Å². The first-order valence-corrected chi connectivity index (χ1v) is 11.3. The molecule has 30 heavy (non-hydrogen) atoms. The van der Waals surface area contributed by atoms with Crippen LogP contribution in [0.25, 0.3) is 11.3 Å². The van der Waals surface area contributed by atoms with E-state index in [-0.39, 0.29) is 17.9 Å². The third kappa shape index (κ3) is 4.89. The average Bonchev–Trinajstić information content (AvgIpc) is 3.30. The van der Waals surface area contributed by atoms with Gasteiger partial charge in [-0.15, -0.1) is 0 Å². The number of benzene rings is 1. The van der Waals surface area contributed by atoms with Crippen LogP contribution in [0.2, 0.25) is 0 Å². The van der Waals surface area contributed by atoms with Gasteiger partial charge in [0, 0.05) is 30.4 Å². The van der Waals surface area contributed by atoms with Crippen molar-refractivity contribution in [2.45, 2.75) is 57.4 Å². The Labute approximate surface area is 178 Å². The van der Waals surface area contributed by atoms with Crippen LogP contribution in [0.3, 0.4) is 0 Å². The lowest BCUT2D eigenvalue weighted by atomic mass is 9.87. The lowest BCUT2D eigenvalue weighted by Crippen LogP contribution is -2.46. The molecule has 1 saturated carbocycles. The summed E-state index contributed by atoms with van der Waals surface area (Å²) in [6.07, 6.45) is 11.0. The van der Waals surface area contributed by atoms with Crippen LogP contribution in [-0.4, -0.2) is 40.8 Å². The highest BCUT2D eigenvalue weighted by Crippen LogP contribution is 2.26. The SMILES string of the molecule is O=C(NCCC1CCCCC1)C1CCCN1C(=O)c1cccc(-c2ccccn2)c1. The van der Waals surface area contributed by atoms with Gasteiger partial charge < -0.3 is 10.2 Å². The van der Waals surface area contributed by atoms with E-state index in [4.69, 9.17) is 0 Å². The van der Waals surface area contributed by atoms with Crippen LogP contribution in [0.5, 0.6) is 0 Å². The van der Waals surface area contributed by atoms with Gasteiger partial charge in [0.25, 0.3) is 5.91 Å². The van der Waals surface area contributed by atoms with Crippen LogP contribution in [0.1, 0.15) is 61.7 Å². The van der Waals surface area contributed by atoms with E-state index in [0.717, 1.165) is 43.0 Å². The van der Waals surface area contributed by atoms with Gasteiger partial charge in [-0.3, -0.25) is 14.6 Å². The van der Waals surface area contributed by atoms with Crippen LogP contribution in [0.15, 0.2) is 48.7 Å². The predicted molar refractivity (Wildman–Crippen MR) is 118 cm³/mol. The van der Waals surface area contributed by atoms with Crippen LogP contribution < -0.4 is 5.32 Å². The fourth-order valence-corrected chi connectivity index (χ4v) is 4.79. The molecule has 1 atom stereocenters. The van der Waals surface area contributed by atoms with Crippen molar-refractivity contribution in [2.75, 3.05) is 13.1 Å². The van der Waals surface area contributed by atoms with Crippen LogP contribution in [0.4, 0.5) is 0 Å². The van der Waals surface area contributed by atoms with Gasteiger partial charge in [0.05, 0.1) is 5.69 Å². The summed E-state index contributed by atoms with van der Waals surface area (Å²) in [5, 5.41) is 3.10. The summed E-state index contributed by atoms with van der Waals surface area (Å²) in [5.74, 6) is 0.671. The number of hydrogen-bond donors (Lipinski definition) is 1. The maximum atomic E-state index is 13.2. The molecule has 1 aliphatic carbocycles. The number of carbonyl (C=O) groups excluding carboxylic acids is 2. The van der Waals surface area contributed by atoms with Crippen LogP contribution in [-0.2, 0) is 4.79 Å². The first-order valence-electron chi connectivity index (χ1n) is 11.3. The van der Waals surface area contributed by atoms with Crippen LogP contribution in [0, 0.1) is 5.92 Å². The van der Waals surface area contributed by atoms with Crippen molar-refractivity contribution in [1.82, 2.24) is 15.2 Å². The monoisotopic (exact) mass is 405 g/mol. The second-order valence-corrected chi connectivity index (χ2v) is 8.54. The van der Waals surface area contributed by atoms with Gasteiger partial charge in [0.2, 0.25) is 5.91 Å². The molecule has 1 aliphatic heterocycles. The molecule has 1 aromatic heterocycles. The summed E-state index contributed by atoms with van der Waals surface area (Å²) in [6.45, 7) is 1.35.